The lowest BCUT2D eigenvalue weighted by atomic mass is 10.1. The zero-order valence-electron chi connectivity index (χ0n) is 12.3. The Balaban J connectivity index is 1.55. The number of fused-ring (bicyclic) bond motifs is 1. The van der Waals surface area contributed by atoms with Crippen molar-refractivity contribution in [2.45, 2.75) is 25.4 Å². The molecule has 1 N–H and O–H groups in total. The minimum Gasteiger partial charge on any atom is -0.350 e. The van der Waals surface area contributed by atoms with E-state index in [4.69, 9.17) is 0 Å². The fourth-order valence-corrected chi connectivity index (χ4v) is 3.02. The lowest BCUT2D eigenvalue weighted by Gasteiger charge is -2.35. The molecular weight excluding hydrogens is 282 g/mol. The van der Waals surface area contributed by atoms with Crippen LogP contribution in [0.2, 0.25) is 0 Å². The van der Waals surface area contributed by atoms with Gasteiger partial charge in [-0.25, -0.2) is 0 Å². The van der Waals surface area contributed by atoms with Crippen molar-refractivity contribution < 1.29 is 14.4 Å². The Bertz CT molecular complexity index is 588. The van der Waals surface area contributed by atoms with Crippen LogP contribution in [0.5, 0.6) is 0 Å². The maximum atomic E-state index is 12.3. The summed E-state index contributed by atoms with van der Waals surface area (Å²) in [5, 5.41) is 2.78. The second-order valence-corrected chi connectivity index (χ2v) is 5.70. The van der Waals surface area contributed by atoms with Crippen LogP contribution in [0.4, 0.5) is 0 Å². The summed E-state index contributed by atoms with van der Waals surface area (Å²) >= 11 is 0. The van der Waals surface area contributed by atoms with Gasteiger partial charge < -0.3 is 15.1 Å². The molecule has 0 aliphatic carbocycles. The Morgan fingerprint density at radius 3 is 2.77 bits per heavy atom. The number of piperazine rings is 1. The van der Waals surface area contributed by atoms with E-state index in [1.54, 1.807) is 4.90 Å². The molecule has 0 aromatic heterocycles. The van der Waals surface area contributed by atoms with Crippen molar-refractivity contribution in [3.8, 4) is 0 Å². The van der Waals surface area contributed by atoms with Gasteiger partial charge in [-0.2, -0.15) is 0 Å². The Kier molecular flexibility index (Phi) is 4.09. The molecule has 1 aromatic carbocycles. The molecule has 6 nitrogen and oxygen atoms in total. The third-order valence-electron chi connectivity index (χ3n) is 4.16. The molecule has 3 amide bonds. The van der Waals surface area contributed by atoms with Crippen molar-refractivity contribution in [1.29, 1.82) is 0 Å². The van der Waals surface area contributed by atoms with Crippen LogP contribution >= 0.6 is 0 Å². The van der Waals surface area contributed by atoms with Gasteiger partial charge in [-0.3, -0.25) is 14.4 Å². The van der Waals surface area contributed by atoms with Crippen molar-refractivity contribution >= 4 is 17.7 Å². The van der Waals surface area contributed by atoms with Crippen LogP contribution < -0.4 is 5.32 Å². The highest BCUT2D eigenvalue weighted by Crippen LogP contribution is 2.23. The normalized spacial score (nSPS) is 21.0. The summed E-state index contributed by atoms with van der Waals surface area (Å²) in [6, 6.07) is 9.21. The summed E-state index contributed by atoms with van der Waals surface area (Å²) in [7, 11) is 0. The van der Waals surface area contributed by atoms with Crippen LogP contribution in [0.1, 0.15) is 18.4 Å². The highest BCUT2D eigenvalue weighted by atomic mass is 16.2. The van der Waals surface area contributed by atoms with Crippen molar-refractivity contribution in [3.05, 3.63) is 35.9 Å². The second kappa shape index (κ2) is 6.17. The Morgan fingerprint density at radius 1 is 1.23 bits per heavy atom. The topological polar surface area (TPSA) is 69.7 Å². The van der Waals surface area contributed by atoms with E-state index in [2.05, 4.69) is 5.32 Å². The Hall–Kier alpha value is -2.37. The lowest BCUT2D eigenvalue weighted by molar-refractivity contribution is -0.154. The first kappa shape index (κ1) is 14.6. The van der Waals surface area contributed by atoms with E-state index >= 15 is 0 Å². The van der Waals surface area contributed by atoms with Crippen molar-refractivity contribution in [3.63, 3.8) is 0 Å². The maximum Gasteiger partial charge on any atom is 0.246 e. The largest absolute Gasteiger partial charge is 0.350 e. The standard InChI is InChI=1S/C16H19N3O3/c20-14(17-9-12-5-2-1-3-6-12)10-18-11-15(21)19-8-4-7-13(19)16(18)22/h1-3,5-6,13H,4,7-11H2,(H,17,20). The van der Waals surface area contributed by atoms with E-state index in [-0.39, 0.29) is 36.9 Å². The van der Waals surface area contributed by atoms with Crippen molar-refractivity contribution in [2.24, 2.45) is 0 Å². The molecule has 0 spiro atoms. The van der Waals surface area contributed by atoms with Crippen molar-refractivity contribution in [1.82, 2.24) is 15.1 Å². The summed E-state index contributed by atoms with van der Waals surface area (Å²) in [6.45, 7) is 1.03. The van der Waals surface area contributed by atoms with Gasteiger partial charge in [0.15, 0.2) is 0 Å². The predicted molar refractivity (Wildman–Crippen MR) is 79.6 cm³/mol. The van der Waals surface area contributed by atoms with Gasteiger partial charge in [-0.1, -0.05) is 30.3 Å². The van der Waals surface area contributed by atoms with E-state index in [1.807, 2.05) is 30.3 Å². The minimum absolute atomic E-state index is 0.00803. The molecule has 0 radical (unpaired) electrons. The molecule has 116 valence electrons. The summed E-state index contributed by atoms with van der Waals surface area (Å²) in [6.07, 6.45) is 1.56. The maximum absolute atomic E-state index is 12.3. The van der Waals surface area contributed by atoms with Gasteiger partial charge in [0.1, 0.15) is 19.1 Å². The SMILES string of the molecule is O=C(CN1CC(=O)N2CCCC2C1=O)NCc1ccccc1. The molecule has 2 heterocycles. The van der Waals surface area contributed by atoms with Crippen molar-refractivity contribution in [2.75, 3.05) is 19.6 Å². The highest BCUT2D eigenvalue weighted by Gasteiger charge is 2.42. The molecule has 3 rings (SSSR count). The molecular formula is C16H19N3O3. The molecule has 2 aliphatic heterocycles. The van der Waals surface area contributed by atoms with Crippen LogP contribution in [0.25, 0.3) is 0 Å². The quantitative estimate of drug-likeness (QED) is 0.860. The molecule has 2 saturated heterocycles. The third kappa shape index (κ3) is 2.95. The first-order chi connectivity index (χ1) is 10.6. The minimum atomic E-state index is -0.358. The van der Waals surface area contributed by atoms with Gasteiger partial charge >= 0.3 is 0 Å². The number of nitrogens with zero attached hydrogens (tertiary/aromatic N) is 2. The average molecular weight is 301 g/mol. The fourth-order valence-electron chi connectivity index (χ4n) is 3.02. The first-order valence-corrected chi connectivity index (χ1v) is 7.54. The van der Waals surface area contributed by atoms with Gasteiger partial charge in [-0.15, -0.1) is 0 Å². The Morgan fingerprint density at radius 2 is 2.00 bits per heavy atom. The van der Waals surface area contributed by atoms with E-state index in [9.17, 15) is 14.4 Å². The van der Waals surface area contributed by atoms with Gasteiger partial charge in [0, 0.05) is 13.1 Å². The zero-order chi connectivity index (χ0) is 15.5. The van der Waals surface area contributed by atoms with Crippen LogP contribution in [0.15, 0.2) is 30.3 Å². The summed E-state index contributed by atoms with van der Waals surface area (Å²) in [4.78, 5) is 39.3. The number of amides is 3. The number of hydrogen-bond acceptors (Lipinski definition) is 3. The molecule has 0 saturated carbocycles. The predicted octanol–water partition coefficient (Wildman–Crippen LogP) is 0.136. The number of rotatable bonds is 4. The monoisotopic (exact) mass is 301 g/mol. The Labute approximate surface area is 129 Å². The number of benzene rings is 1. The van der Waals surface area contributed by atoms with E-state index < -0.39 is 0 Å². The fraction of sp³-hybridized carbons (Fsp3) is 0.438. The molecule has 22 heavy (non-hydrogen) atoms. The summed E-state index contributed by atoms with van der Waals surface area (Å²) < 4.78 is 0. The van der Waals surface area contributed by atoms with Gasteiger partial charge in [0.25, 0.3) is 0 Å². The summed E-state index contributed by atoms with van der Waals surface area (Å²) in [5.74, 6) is -0.402. The number of carbonyl (C=O) groups is 3. The highest BCUT2D eigenvalue weighted by molar-refractivity contribution is 5.97. The first-order valence-electron chi connectivity index (χ1n) is 7.54. The number of hydrogen-bond donors (Lipinski definition) is 1. The summed E-state index contributed by atoms with van der Waals surface area (Å²) in [5.41, 5.74) is 0.999. The van der Waals surface area contributed by atoms with Crippen LogP contribution in [0.3, 0.4) is 0 Å². The van der Waals surface area contributed by atoms with Gasteiger partial charge in [0.05, 0.1) is 0 Å². The molecule has 1 unspecified atom stereocenters. The molecule has 6 heteroatoms. The molecule has 0 bridgehead atoms. The molecule has 2 aliphatic rings. The second-order valence-electron chi connectivity index (χ2n) is 5.70. The molecule has 1 aromatic rings. The van der Waals surface area contributed by atoms with Crippen LogP contribution in [0, 0.1) is 0 Å². The average Bonchev–Trinajstić information content (AvgIpc) is 3.02. The number of carbonyl (C=O) groups excluding carboxylic acids is 3. The lowest BCUT2D eigenvalue weighted by Crippen LogP contribution is -2.58. The molecule has 1 atom stereocenters. The smallest absolute Gasteiger partial charge is 0.246 e. The van der Waals surface area contributed by atoms with Crippen LogP contribution in [-0.4, -0.2) is 53.2 Å². The van der Waals surface area contributed by atoms with Gasteiger partial charge in [0.2, 0.25) is 17.7 Å². The van der Waals surface area contributed by atoms with E-state index in [1.165, 1.54) is 4.90 Å². The third-order valence-corrected chi connectivity index (χ3v) is 4.16. The van der Waals surface area contributed by atoms with E-state index in [0.717, 1.165) is 12.0 Å². The van der Waals surface area contributed by atoms with Gasteiger partial charge in [-0.05, 0) is 18.4 Å². The number of nitrogens with one attached hydrogen (secondary N) is 1. The van der Waals surface area contributed by atoms with E-state index in [0.29, 0.717) is 19.5 Å². The van der Waals surface area contributed by atoms with Crippen LogP contribution in [-0.2, 0) is 20.9 Å². The zero-order valence-corrected chi connectivity index (χ0v) is 12.3. The molecule has 2 fully saturated rings.